The van der Waals surface area contributed by atoms with E-state index in [4.69, 9.17) is 4.74 Å². The Bertz CT molecular complexity index is 861. The van der Waals surface area contributed by atoms with Crippen molar-refractivity contribution in [3.05, 3.63) is 46.0 Å². The summed E-state index contributed by atoms with van der Waals surface area (Å²) in [5.74, 6) is -0.355. The first kappa shape index (κ1) is 21.4. The number of amides is 1. The number of aromatic nitrogens is 1. The highest BCUT2D eigenvalue weighted by molar-refractivity contribution is 7.04. The van der Waals surface area contributed by atoms with E-state index in [9.17, 15) is 14.7 Å². The summed E-state index contributed by atoms with van der Waals surface area (Å²) in [5.41, 5.74) is 3.82. The molecule has 1 aromatic heterocycles. The molecule has 0 bridgehead atoms. The van der Waals surface area contributed by atoms with Gasteiger partial charge >= 0.3 is 5.97 Å². The van der Waals surface area contributed by atoms with Crippen molar-refractivity contribution < 1.29 is 19.4 Å². The van der Waals surface area contributed by atoms with E-state index in [-0.39, 0.29) is 17.8 Å². The average Bonchev–Trinajstić information content (AvgIpc) is 3.22. The Morgan fingerprint density at radius 3 is 2.66 bits per heavy atom. The van der Waals surface area contributed by atoms with E-state index >= 15 is 0 Å². The van der Waals surface area contributed by atoms with Crippen molar-refractivity contribution in [3.8, 4) is 0 Å². The minimum Gasteiger partial charge on any atom is -0.465 e. The van der Waals surface area contributed by atoms with E-state index < -0.39 is 6.10 Å². The van der Waals surface area contributed by atoms with Crippen LogP contribution in [0.1, 0.15) is 46.0 Å². The van der Waals surface area contributed by atoms with Crippen LogP contribution in [0.25, 0.3) is 0 Å². The van der Waals surface area contributed by atoms with Crippen molar-refractivity contribution in [2.75, 3.05) is 32.1 Å². The fourth-order valence-corrected chi connectivity index (χ4v) is 4.23. The maximum atomic E-state index is 12.4. The Hall–Kier alpha value is -2.29. The van der Waals surface area contributed by atoms with Gasteiger partial charge in [0, 0.05) is 17.8 Å². The number of nitrogens with zero attached hydrogens (tertiary/aromatic N) is 2. The number of hydrogen-bond donors (Lipinski definition) is 2. The minimum atomic E-state index is -0.650. The second kappa shape index (κ2) is 9.47. The zero-order valence-electron chi connectivity index (χ0n) is 17.0. The standard InChI is InChI=1S/C21H27N3O4S/c1-13-14(2)18(21(27)28-3)5-4-17(13)19(25)11-24-8-6-15(7-9-24)20(26)23-16-10-22-29-12-16/h4-5,10,12,15,19,25H,6-9,11H2,1-3H3,(H,23,26). The lowest BCUT2D eigenvalue weighted by atomic mass is 9.93. The molecular formula is C21H27N3O4S. The summed E-state index contributed by atoms with van der Waals surface area (Å²) >= 11 is 1.31. The molecule has 156 valence electrons. The number of methoxy groups -OCH3 is 1. The Morgan fingerprint density at radius 2 is 2.03 bits per heavy atom. The van der Waals surface area contributed by atoms with Crippen LogP contribution in [0.3, 0.4) is 0 Å². The molecule has 0 aliphatic carbocycles. The molecule has 1 aromatic carbocycles. The van der Waals surface area contributed by atoms with Crippen molar-refractivity contribution >= 4 is 29.1 Å². The molecule has 29 heavy (non-hydrogen) atoms. The van der Waals surface area contributed by atoms with Gasteiger partial charge in [-0.2, -0.15) is 4.37 Å². The highest BCUT2D eigenvalue weighted by atomic mass is 32.1. The first-order valence-electron chi connectivity index (χ1n) is 9.69. The molecule has 2 heterocycles. The fraction of sp³-hybridized carbons (Fsp3) is 0.476. The van der Waals surface area contributed by atoms with E-state index in [1.54, 1.807) is 18.3 Å². The summed E-state index contributed by atoms with van der Waals surface area (Å²) < 4.78 is 8.80. The van der Waals surface area contributed by atoms with E-state index in [1.165, 1.54) is 18.6 Å². The van der Waals surface area contributed by atoms with Gasteiger partial charge in [0.1, 0.15) is 0 Å². The summed E-state index contributed by atoms with van der Waals surface area (Å²) in [4.78, 5) is 26.4. The number of ether oxygens (including phenoxy) is 1. The van der Waals surface area contributed by atoms with Gasteiger partial charge in [-0.1, -0.05) is 6.07 Å². The molecule has 1 unspecified atom stereocenters. The lowest BCUT2D eigenvalue weighted by Crippen LogP contribution is -2.40. The molecule has 0 spiro atoms. The number of anilines is 1. The number of rotatable bonds is 6. The topological polar surface area (TPSA) is 91.8 Å². The quantitative estimate of drug-likeness (QED) is 0.702. The number of nitrogens with one attached hydrogen (secondary N) is 1. The Labute approximate surface area is 174 Å². The molecule has 1 fully saturated rings. The highest BCUT2D eigenvalue weighted by Gasteiger charge is 2.27. The molecule has 2 N–H and O–H groups in total. The zero-order chi connectivity index (χ0) is 21.0. The number of carbonyl (C=O) groups excluding carboxylic acids is 2. The number of β-amino-alcohol motifs (C(OH)–C–C–N with tert-alkyl or cyclic N) is 1. The number of likely N-dealkylation sites (tertiary alicyclic amines) is 1. The molecule has 1 aliphatic heterocycles. The van der Waals surface area contributed by atoms with Gasteiger partial charge in [0.15, 0.2) is 0 Å². The van der Waals surface area contributed by atoms with Crippen molar-refractivity contribution in [3.63, 3.8) is 0 Å². The van der Waals surface area contributed by atoms with Crippen LogP contribution in [0.2, 0.25) is 0 Å². The second-order valence-electron chi connectivity index (χ2n) is 7.44. The number of aliphatic hydroxyl groups excluding tert-OH is 1. The number of benzene rings is 1. The van der Waals surface area contributed by atoms with Gasteiger partial charge < -0.3 is 20.1 Å². The fourth-order valence-electron chi connectivity index (χ4n) is 3.77. The summed E-state index contributed by atoms with van der Waals surface area (Å²) in [7, 11) is 1.36. The van der Waals surface area contributed by atoms with Gasteiger partial charge in [-0.3, -0.25) is 4.79 Å². The number of aliphatic hydroxyl groups is 1. The van der Waals surface area contributed by atoms with Crippen LogP contribution in [0, 0.1) is 19.8 Å². The normalized spacial score (nSPS) is 16.4. The number of esters is 1. The molecule has 0 radical (unpaired) electrons. The maximum Gasteiger partial charge on any atom is 0.338 e. The van der Waals surface area contributed by atoms with Crippen LogP contribution in [0.15, 0.2) is 23.7 Å². The van der Waals surface area contributed by atoms with Crippen molar-refractivity contribution in [2.45, 2.75) is 32.8 Å². The number of carbonyl (C=O) groups is 2. The zero-order valence-corrected chi connectivity index (χ0v) is 17.8. The van der Waals surface area contributed by atoms with Crippen molar-refractivity contribution in [1.29, 1.82) is 0 Å². The predicted octanol–water partition coefficient (Wildman–Crippen LogP) is 2.93. The van der Waals surface area contributed by atoms with Gasteiger partial charge in [0.2, 0.25) is 5.91 Å². The van der Waals surface area contributed by atoms with Gasteiger partial charge in [-0.15, -0.1) is 0 Å². The largest absolute Gasteiger partial charge is 0.465 e. The van der Waals surface area contributed by atoms with Gasteiger partial charge in [0.25, 0.3) is 0 Å². The van der Waals surface area contributed by atoms with Crippen molar-refractivity contribution in [1.82, 2.24) is 9.27 Å². The predicted molar refractivity (Wildman–Crippen MR) is 112 cm³/mol. The van der Waals surface area contributed by atoms with Gasteiger partial charge in [-0.25, -0.2) is 4.79 Å². The number of hydrogen-bond acceptors (Lipinski definition) is 7. The van der Waals surface area contributed by atoms with E-state index in [2.05, 4.69) is 14.6 Å². The minimum absolute atomic E-state index is 0.0217. The van der Waals surface area contributed by atoms with E-state index in [1.807, 2.05) is 19.2 Å². The van der Waals surface area contributed by atoms with Crippen LogP contribution in [0.4, 0.5) is 5.69 Å². The molecule has 1 atom stereocenters. The summed E-state index contributed by atoms with van der Waals surface area (Å²) in [6, 6.07) is 3.51. The third-order valence-corrected chi connectivity index (χ3v) is 6.27. The third kappa shape index (κ3) is 5.01. The monoisotopic (exact) mass is 417 g/mol. The van der Waals surface area contributed by atoms with Crippen LogP contribution in [0.5, 0.6) is 0 Å². The molecule has 7 nitrogen and oxygen atoms in total. The van der Waals surface area contributed by atoms with Crippen LogP contribution < -0.4 is 5.32 Å². The van der Waals surface area contributed by atoms with Crippen LogP contribution in [-0.2, 0) is 9.53 Å². The van der Waals surface area contributed by atoms with Crippen LogP contribution in [-0.4, -0.2) is 53.0 Å². The second-order valence-corrected chi connectivity index (χ2v) is 8.09. The summed E-state index contributed by atoms with van der Waals surface area (Å²) in [5, 5.41) is 15.5. The molecule has 8 heteroatoms. The molecular weight excluding hydrogens is 390 g/mol. The Balaban J connectivity index is 1.56. The average molecular weight is 418 g/mol. The molecule has 3 rings (SSSR count). The molecule has 1 aliphatic rings. The highest BCUT2D eigenvalue weighted by Crippen LogP contribution is 2.26. The van der Waals surface area contributed by atoms with Gasteiger partial charge in [-0.05, 0) is 74.1 Å². The third-order valence-electron chi connectivity index (χ3n) is 5.68. The Morgan fingerprint density at radius 1 is 1.31 bits per heavy atom. The van der Waals surface area contributed by atoms with E-state index in [0.717, 1.165) is 48.3 Å². The lowest BCUT2D eigenvalue weighted by Gasteiger charge is -2.33. The molecule has 2 aromatic rings. The molecule has 0 saturated carbocycles. The summed E-state index contributed by atoms with van der Waals surface area (Å²) in [6.07, 6.45) is 2.52. The molecule has 1 saturated heterocycles. The van der Waals surface area contributed by atoms with Crippen molar-refractivity contribution in [2.24, 2.45) is 5.92 Å². The Kier molecular flexibility index (Phi) is 7.00. The number of piperidine rings is 1. The summed E-state index contributed by atoms with van der Waals surface area (Å²) in [6.45, 7) is 5.80. The smallest absolute Gasteiger partial charge is 0.338 e. The first-order chi connectivity index (χ1) is 13.9. The van der Waals surface area contributed by atoms with Gasteiger partial charge in [0.05, 0.1) is 30.7 Å². The molecule has 1 amide bonds. The lowest BCUT2D eigenvalue weighted by molar-refractivity contribution is -0.121. The van der Waals surface area contributed by atoms with Crippen LogP contribution >= 0.6 is 11.5 Å². The maximum absolute atomic E-state index is 12.4. The first-order valence-corrected chi connectivity index (χ1v) is 10.5. The SMILES string of the molecule is COC(=O)c1ccc(C(O)CN2CCC(C(=O)Nc3cnsc3)CC2)c(C)c1C. The van der Waals surface area contributed by atoms with E-state index in [0.29, 0.717) is 12.1 Å².